The molecule has 0 aromatic heterocycles. The van der Waals surface area contributed by atoms with Gasteiger partial charge in [-0.3, -0.25) is 4.79 Å². The SMILES string of the molecule is CCCNC1CCN(CCCN(C)C)C1=O. The molecule has 1 atom stereocenters. The summed E-state index contributed by atoms with van der Waals surface area (Å²) in [5.41, 5.74) is 0. The predicted octanol–water partition coefficient (Wildman–Crippen LogP) is 0.539. The van der Waals surface area contributed by atoms with Crippen molar-refractivity contribution in [3.05, 3.63) is 0 Å². The van der Waals surface area contributed by atoms with Crippen LogP contribution in [0.5, 0.6) is 0 Å². The second-order valence-electron chi connectivity index (χ2n) is 4.78. The number of carbonyl (C=O) groups is 1. The Morgan fingerprint density at radius 2 is 2.25 bits per heavy atom. The highest BCUT2D eigenvalue weighted by Gasteiger charge is 2.30. The number of hydrogen-bond donors (Lipinski definition) is 1. The van der Waals surface area contributed by atoms with Crippen molar-refractivity contribution in [3.8, 4) is 0 Å². The van der Waals surface area contributed by atoms with E-state index in [-0.39, 0.29) is 6.04 Å². The molecule has 1 aliphatic rings. The fourth-order valence-corrected chi connectivity index (χ4v) is 2.05. The summed E-state index contributed by atoms with van der Waals surface area (Å²) >= 11 is 0. The maximum absolute atomic E-state index is 11.9. The van der Waals surface area contributed by atoms with Gasteiger partial charge in [-0.15, -0.1) is 0 Å². The van der Waals surface area contributed by atoms with Crippen LogP contribution in [-0.4, -0.2) is 62.0 Å². The van der Waals surface area contributed by atoms with Gasteiger partial charge in [-0.1, -0.05) is 6.92 Å². The molecule has 0 aromatic carbocycles. The molecule has 1 saturated heterocycles. The summed E-state index contributed by atoms with van der Waals surface area (Å²) in [6.45, 7) is 5.95. The lowest BCUT2D eigenvalue weighted by atomic mass is 10.2. The zero-order valence-electron chi connectivity index (χ0n) is 10.8. The van der Waals surface area contributed by atoms with Crippen molar-refractivity contribution in [1.29, 1.82) is 0 Å². The van der Waals surface area contributed by atoms with E-state index in [9.17, 15) is 4.79 Å². The third kappa shape index (κ3) is 4.10. The average Bonchev–Trinajstić information content (AvgIpc) is 2.57. The van der Waals surface area contributed by atoms with Gasteiger partial charge in [0.25, 0.3) is 0 Å². The minimum absolute atomic E-state index is 0.0827. The van der Waals surface area contributed by atoms with Gasteiger partial charge in [0.15, 0.2) is 0 Å². The standard InChI is InChI=1S/C12H25N3O/c1-4-7-13-11-6-10-15(12(11)16)9-5-8-14(2)3/h11,13H,4-10H2,1-3H3. The van der Waals surface area contributed by atoms with Gasteiger partial charge in [-0.05, 0) is 46.4 Å². The molecule has 1 amide bonds. The molecule has 1 N–H and O–H groups in total. The van der Waals surface area contributed by atoms with Crippen molar-refractivity contribution in [2.24, 2.45) is 0 Å². The van der Waals surface area contributed by atoms with Crippen LogP contribution in [0, 0.1) is 0 Å². The van der Waals surface area contributed by atoms with E-state index in [0.717, 1.165) is 45.4 Å². The van der Waals surface area contributed by atoms with Gasteiger partial charge in [0.05, 0.1) is 6.04 Å². The Labute approximate surface area is 99.0 Å². The van der Waals surface area contributed by atoms with Gasteiger partial charge < -0.3 is 15.1 Å². The first-order chi connectivity index (χ1) is 7.65. The lowest BCUT2D eigenvalue weighted by molar-refractivity contribution is -0.129. The van der Waals surface area contributed by atoms with Crippen molar-refractivity contribution in [2.45, 2.75) is 32.2 Å². The fraction of sp³-hybridized carbons (Fsp3) is 0.917. The van der Waals surface area contributed by atoms with Crippen LogP contribution in [0.15, 0.2) is 0 Å². The quantitative estimate of drug-likeness (QED) is 0.689. The first-order valence-corrected chi connectivity index (χ1v) is 6.32. The van der Waals surface area contributed by atoms with Gasteiger partial charge in [-0.25, -0.2) is 0 Å². The molecular formula is C12H25N3O. The first-order valence-electron chi connectivity index (χ1n) is 6.32. The van der Waals surface area contributed by atoms with Crippen molar-refractivity contribution in [3.63, 3.8) is 0 Å². The summed E-state index contributed by atoms with van der Waals surface area (Å²) in [4.78, 5) is 16.1. The number of rotatable bonds is 7. The fourth-order valence-electron chi connectivity index (χ4n) is 2.05. The zero-order chi connectivity index (χ0) is 12.0. The summed E-state index contributed by atoms with van der Waals surface area (Å²) in [6.07, 6.45) is 3.13. The minimum atomic E-state index is 0.0827. The molecule has 1 heterocycles. The summed E-state index contributed by atoms with van der Waals surface area (Å²) in [6, 6.07) is 0.0827. The van der Waals surface area contributed by atoms with Crippen molar-refractivity contribution < 1.29 is 4.79 Å². The Morgan fingerprint density at radius 3 is 2.88 bits per heavy atom. The zero-order valence-corrected chi connectivity index (χ0v) is 10.8. The molecule has 1 rings (SSSR count). The molecule has 1 fully saturated rings. The number of hydrogen-bond acceptors (Lipinski definition) is 3. The summed E-state index contributed by atoms with van der Waals surface area (Å²) in [5.74, 6) is 0.298. The van der Waals surface area contributed by atoms with Crippen LogP contribution in [0.3, 0.4) is 0 Å². The van der Waals surface area contributed by atoms with Gasteiger partial charge >= 0.3 is 0 Å². The Bertz CT molecular complexity index is 218. The summed E-state index contributed by atoms with van der Waals surface area (Å²) in [5, 5.41) is 3.31. The highest BCUT2D eigenvalue weighted by Crippen LogP contribution is 2.11. The molecule has 0 saturated carbocycles. The van der Waals surface area contributed by atoms with E-state index in [1.54, 1.807) is 0 Å². The maximum Gasteiger partial charge on any atom is 0.239 e. The minimum Gasteiger partial charge on any atom is -0.341 e. The monoisotopic (exact) mass is 227 g/mol. The largest absolute Gasteiger partial charge is 0.341 e. The number of nitrogens with zero attached hydrogens (tertiary/aromatic N) is 2. The van der Waals surface area contributed by atoms with Crippen molar-refractivity contribution >= 4 is 5.91 Å². The molecule has 4 nitrogen and oxygen atoms in total. The van der Waals surface area contributed by atoms with Crippen LogP contribution in [0.25, 0.3) is 0 Å². The van der Waals surface area contributed by atoms with Crippen molar-refractivity contribution in [2.75, 3.05) is 40.3 Å². The van der Waals surface area contributed by atoms with Crippen molar-refractivity contribution in [1.82, 2.24) is 15.1 Å². The van der Waals surface area contributed by atoms with E-state index in [4.69, 9.17) is 0 Å². The lowest BCUT2D eigenvalue weighted by Gasteiger charge is -2.18. The Morgan fingerprint density at radius 1 is 1.50 bits per heavy atom. The third-order valence-electron chi connectivity index (χ3n) is 2.97. The highest BCUT2D eigenvalue weighted by molar-refractivity contribution is 5.83. The average molecular weight is 227 g/mol. The number of carbonyl (C=O) groups excluding carboxylic acids is 1. The third-order valence-corrected chi connectivity index (χ3v) is 2.97. The van der Waals surface area contributed by atoms with Crippen LogP contribution in [0.1, 0.15) is 26.2 Å². The van der Waals surface area contributed by atoms with E-state index >= 15 is 0 Å². The lowest BCUT2D eigenvalue weighted by Crippen LogP contribution is -2.39. The van der Waals surface area contributed by atoms with E-state index < -0.39 is 0 Å². The molecule has 0 radical (unpaired) electrons. The topological polar surface area (TPSA) is 35.6 Å². The smallest absolute Gasteiger partial charge is 0.239 e. The molecule has 1 unspecified atom stereocenters. The summed E-state index contributed by atoms with van der Waals surface area (Å²) < 4.78 is 0. The molecule has 0 bridgehead atoms. The van der Waals surface area contributed by atoms with Crippen LogP contribution in [-0.2, 0) is 4.79 Å². The second-order valence-corrected chi connectivity index (χ2v) is 4.78. The number of amides is 1. The molecule has 0 aliphatic carbocycles. The first kappa shape index (κ1) is 13.5. The van der Waals surface area contributed by atoms with Crippen LogP contribution in [0.4, 0.5) is 0 Å². The van der Waals surface area contributed by atoms with E-state index in [1.807, 2.05) is 4.90 Å². The number of likely N-dealkylation sites (tertiary alicyclic amines) is 1. The molecular weight excluding hydrogens is 202 g/mol. The highest BCUT2D eigenvalue weighted by atomic mass is 16.2. The molecule has 0 aromatic rings. The Balaban J connectivity index is 2.22. The normalized spacial score (nSPS) is 21.1. The Kier molecular flexibility index (Phi) is 5.77. The van der Waals surface area contributed by atoms with Crippen LogP contribution < -0.4 is 5.32 Å². The van der Waals surface area contributed by atoms with Gasteiger partial charge in [-0.2, -0.15) is 0 Å². The van der Waals surface area contributed by atoms with E-state index in [1.165, 1.54) is 0 Å². The molecule has 16 heavy (non-hydrogen) atoms. The van der Waals surface area contributed by atoms with E-state index in [0.29, 0.717) is 5.91 Å². The molecule has 4 heteroatoms. The molecule has 1 aliphatic heterocycles. The van der Waals surface area contributed by atoms with Gasteiger partial charge in [0.2, 0.25) is 5.91 Å². The number of nitrogens with one attached hydrogen (secondary N) is 1. The van der Waals surface area contributed by atoms with Crippen LogP contribution >= 0.6 is 0 Å². The van der Waals surface area contributed by atoms with Gasteiger partial charge in [0, 0.05) is 13.1 Å². The van der Waals surface area contributed by atoms with Crippen LogP contribution in [0.2, 0.25) is 0 Å². The Hall–Kier alpha value is -0.610. The summed E-state index contributed by atoms with van der Waals surface area (Å²) in [7, 11) is 4.13. The maximum atomic E-state index is 11.9. The predicted molar refractivity (Wildman–Crippen MR) is 66.4 cm³/mol. The molecule has 0 spiro atoms. The van der Waals surface area contributed by atoms with E-state index in [2.05, 4.69) is 31.2 Å². The molecule has 94 valence electrons. The van der Waals surface area contributed by atoms with Gasteiger partial charge in [0.1, 0.15) is 0 Å². The second kappa shape index (κ2) is 6.86.